The summed E-state index contributed by atoms with van der Waals surface area (Å²) in [6.07, 6.45) is 8.66. The van der Waals surface area contributed by atoms with Crippen LogP contribution in [0, 0.1) is 17.7 Å². The first kappa shape index (κ1) is 27.6. The van der Waals surface area contributed by atoms with Gasteiger partial charge in [-0.2, -0.15) is 0 Å². The number of aliphatic hydroxyl groups is 1. The van der Waals surface area contributed by atoms with E-state index in [1.165, 1.54) is 12.1 Å². The Balaban J connectivity index is 1.29. The monoisotopic (exact) mass is 537 g/mol. The van der Waals surface area contributed by atoms with Crippen molar-refractivity contribution < 1.29 is 28.6 Å². The van der Waals surface area contributed by atoms with Crippen molar-refractivity contribution in [3.8, 4) is 17.2 Å². The summed E-state index contributed by atoms with van der Waals surface area (Å²) in [5, 5.41) is 11.0. The Morgan fingerprint density at radius 2 is 1.72 bits per heavy atom. The van der Waals surface area contributed by atoms with Gasteiger partial charge in [-0.05, 0) is 86.9 Å². The number of ether oxygens (including phenoxy) is 2. The van der Waals surface area contributed by atoms with Crippen molar-refractivity contribution in [1.82, 2.24) is 4.90 Å². The van der Waals surface area contributed by atoms with Crippen LogP contribution in [0.25, 0.3) is 0 Å². The van der Waals surface area contributed by atoms with E-state index >= 15 is 0 Å². The number of ketones is 1. The Labute approximate surface area is 230 Å². The number of nitrogens with zero attached hydrogens (tertiary/aromatic N) is 1. The Kier molecular flexibility index (Phi) is 8.55. The van der Waals surface area contributed by atoms with E-state index in [4.69, 9.17) is 9.47 Å². The SMILES string of the molecule is CCC(=O)C1CCC(Oc2cc(CC(=O)N3CC[C@@]4(O)CCCC[C@H]4C3)cc(Oc3ccc(F)cc3)c2)CC1. The average molecular weight is 538 g/mol. The van der Waals surface area contributed by atoms with Crippen LogP contribution in [0.4, 0.5) is 4.39 Å². The molecule has 5 rings (SSSR count). The molecule has 3 aliphatic rings. The highest BCUT2D eigenvalue weighted by atomic mass is 19.1. The maximum absolute atomic E-state index is 13.4. The third kappa shape index (κ3) is 6.81. The second-order valence-electron chi connectivity index (χ2n) is 11.6. The molecule has 3 fully saturated rings. The Hall–Kier alpha value is -2.93. The summed E-state index contributed by atoms with van der Waals surface area (Å²) in [5.74, 6) is 1.94. The molecular weight excluding hydrogens is 497 g/mol. The van der Waals surface area contributed by atoms with Gasteiger partial charge in [0, 0.05) is 37.4 Å². The first-order valence-corrected chi connectivity index (χ1v) is 14.6. The molecule has 39 heavy (non-hydrogen) atoms. The predicted octanol–water partition coefficient (Wildman–Crippen LogP) is 6.23. The second-order valence-corrected chi connectivity index (χ2v) is 11.6. The van der Waals surface area contributed by atoms with Crippen molar-refractivity contribution in [2.24, 2.45) is 11.8 Å². The minimum atomic E-state index is -0.625. The molecule has 210 valence electrons. The van der Waals surface area contributed by atoms with E-state index < -0.39 is 5.60 Å². The van der Waals surface area contributed by atoms with Crippen LogP contribution in [-0.2, 0) is 16.0 Å². The molecule has 6 nitrogen and oxygen atoms in total. The minimum absolute atomic E-state index is 0.00148. The number of carbonyl (C=O) groups is 2. The summed E-state index contributed by atoms with van der Waals surface area (Å²) in [7, 11) is 0. The molecule has 1 aliphatic heterocycles. The number of fused-ring (bicyclic) bond motifs is 1. The van der Waals surface area contributed by atoms with Gasteiger partial charge >= 0.3 is 0 Å². The topological polar surface area (TPSA) is 76.1 Å². The maximum Gasteiger partial charge on any atom is 0.227 e. The van der Waals surface area contributed by atoms with Crippen molar-refractivity contribution >= 4 is 11.7 Å². The van der Waals surface area contributed by atoms with Gasteiger partial charge in [0.25, 0.3) is 0 Å². The average Bonchev–Trinajstić information content (AvgIpc) is 2.93. The van der Waals surface area contributed by atoms with E-state index in [2.05, 4.69) is 0 Å². The van der Waals surface area contributed by atoms with Gasteiger partial charge in [0.15, 0.2) is 0 Å². The molecule has 2 aromatic carbocycles. The van der Waals surface area contributed by atoms with E-state index in [0.29, 0.717) is 49.0 Å². The molecule has 0 spiro atoms. The molecule has 7 heteroatoms. The van der Waals surface area contributed by atoms with E-state index in [9.17, 15) is 19.1 Å². The minimum Gasteiger partial charge on any atom is -0.490 e. The number of carbonyl (C=O) groups excluding carboxylic acids is 2. The highest BCUT2D eigenvalue weighted by Gasteiger charge is 2.43. The van der Waals surface area contributed by atoms with E-state index in [1.807, 2.05) is 30.0 Å². The van der Waals surface area contributed by atoms with Gasteiger partial charge < -0.3 is 19.5 Å². The smallest absolute Gasteiger partial charge is 0.227 e. The molecule has 1 heterocycles. The Bertz CT molecular complexity index is 1160. The van der Waals surface area contributed by atoms with Crippen molar-refractivity contribution in [1.29, 1.82) is 0 Å². The summed E-state index contributed by atoms with van der Waals surface area (Å²) in [6, 6.07) is 11.4. The number of piperidine rings is 1. The molecule has 1 N–H and O–H groups in total. The molecular formula is C32H40FNO5. The molecule has 2 aromatic rings. The lowest BCUT2D eigenvalue weighted by Crippen LogP contribution is -2.54. The van der Waals surface area contributed by atoms with Crippen LogP contribution < -0.4 is 9.47 Å². The molecule has 2 aliphatic carbocycles. The van der Waals surface area contributed by atoms with E-state index in [-0.39, 0.29) is 36.1 Å². The first-order valence-electron chi connectivity index (χ1n) is 14.6. The van der Waals surface area contributed by atoms with Crippen molar-refractivity contribution in [3.63, 3.8) is 0 Å². The summed E-state index contributed by atoms with van der Waals surface area (Å²) in [6.45, 7) is 3.09. The zero-order chi connectivity index (χ0) is 27.4. The number of Topliss-reactive ketones (excluding diaryl/α,β-unsaturated/α-hetero) is 1. The summed E-state index contributed by atoms with van der Waals surface area (Å²) >= 11 is 0. The second kappa shape index (κ2) is 12.1. The van der Waals surface area contributed by atoms with Crippen molar-refractivity contribution in [3.05, 3.63) is 53.8 Å². The van der Waals surface area contributed by atoms with Gasteiger partial charge in [-0.25, -0.2) is 4.39 Å². The van der Waals surface area contributed by atoms with Crippen LogP contribution in [0.15, 0.2) is 42.5 Å². The zero-order valence-electron chi connectivity index (χ0n) is 22.9. The van der Waals surface area contributed by atoms with Crippen LogP contribution in [0.1, 0.15) is 76.7 Å². The molecule has 2 atom stereocenters. The lowest BCUT2D eigenvalue weighted by Gasteiger charge is -2.47. The molecule has 0 unspecified atom stereocenters. The van der Waals surface area contributed by atoms with Gasteiger partial charge in [0.2, 0.25) is 5.91 Å². The summed E-state index contributed by atoms with van der Waals surface area (Å²) in [4.78, 5) is 27.4. The molecule has 1 saturated heterocycles. The number of amides is 1. The fourth-order valence-corrected chi connectivity index (χ4v) is 6.57. The van der Waals surface area contributed by atoms with Crippen LogP contribution >= 0.6 is 0 Å². The lowest BCUT2D eigenvalue weighted by atomic mass is 9.71. The van der Waals surface area contributed by atoms with Gasteiger partial charge in [-0.1, -0.05) is 19.8 Å². The number of halogens is 1. The van der Waals surface area contributed by atoms with Gasteiger partial charge in [-0.15, -0.1) is 0 Å². The molecule has 0 aromatic heterocycles. The normalized spacial score (nSPS) is 26.9. The predicted molar refractivity (Wildman–Crippen MR) is 146 cm³/mol. The van der Waals surface area contributed by atoms with Crippen molar-refractivity contribution in [2.75, 3.05) is 13.1 Å². The molecule has 1 amide bonds. The van der Waals surface area contributed by atoms with Crippen LogP contribution in [-0.4, -0.2) is 46.5 Å². The van der Waals surface area contributed by atoms with E-state index in [1.54, 1.807) is 12.1 Å². The third-order valence-corrected chi connectivity index (χ3v) is 8.91. The lowest BCUT2D eigenvalue weighted by molar-refractivity contribution is -0.142. The standard InChI is InChI=1S/C32H40FNO5/c1-2-30(35)23-6-10-26(11-7-23)38-28-17-22(18-29(20-28)39-27-12-8-25(33)9-13-27)19-31(36)34-16-15-32(37)14-4-3-5-24(32)21-34/h8-9,12-13,17-18,20,23-24,26,37H,2-7,10-11,14-16,19,21H2,1H3/t23?,24-,26?,32-/m0/s1. The molecule has 0 radical (unpaired) electrons. The number of hydrogen-bond acceptors (Lipinski definition) is 5. The molecule has 0 bridgehead atoms. The van der Waals surface area contributed by atoms with E-state index in [0.717, 1.165) is 56.9 Å². The fraction of sp³-hybridized carbons (Fsp3) is 0.562. The van der Waals surface area contributed by atoms with Crippen LogP contribution in [0.3, 0.4) is 0 Å². The highest BCUT2D eigenvalue weighted by Crippen LogP contribution is 2.40. The molecule has 2 saturated carbocycles. The fourth-order valence-electron chi connectivity index (χ4n) is 6.57. The zero-order valence-corrected chi connectivity index (χ0v) is 22.9. The first-order chi connectivity index (χ1) is 18.8. The number of benzene rings is 2. The largest absolute Gasteiger partial charge is 0.490 e. The number of likely N-dealkylation sites (tertiary alicyclic amines) is 1. The Morgan fingerprint density at radius 1 is 0.974 bits per heavy atom. The van der Waals surface area contributed by atoms with Crippen LogP contribution in [0.2, 0.25) is 0 Å². The van der Waals surface area contributed by atoms with Crippen LogP contribution in [0.5, 0.6) is 17.2 Å². The van der Waals surface area contributed by atoms with Gasteiger partial charge in [0.05, 0.1) is 18.1 Å². The Morgan fingerprint density at radius 3 is 2.46 bits per heavy atom. The van der Waals surface area contributed by atoms with Gasteiger partial charge in [0.1, 0.15) is 28.8 Å². The highest BCUT2D eigenvalue weighted by molar-refractivity contribution is 5.80. The van der Waals surface area contributed by atoms with Crippen molar-refractivity contribution in [2.45, 2.75) is 89.3 Å². The third-order valence-electron chi connectivity index (χ3n) is 8.91. The summed E-state index contributed by atoms with van der Waals surface area (Å²) in [5.41, 5.74) is 0.161. The number of hydrogen-bond donors (Lipinski definition) is 1. The number of rotatable bonds is 8. The quantitative estimate of drug-likeness (QED) is 0.432. The maximum atomic E-state index is 13.4. The van der Waals surface area contributed by atoms with Gasteiger partial charge in [-0.3, -0.25) is 9.59 Å². The summed E-state index contributed by atoms with van der Waals surface area (Å²) < 4.78 is 25.8.